The van der Waals surface area contributed by atoms with Gasteiger partial charge >= 0.3 is 12.2 Å². The van der Waals surface area contributed by atoms with Gasteiger partial charge in [0.25, 0.3) is 0 Å². The third kappa shape index (κ3) is 4.10. The SMILES string of the molecule is O=C(NCC(F)(F)F)N[C@@H]1CCCc2c1cnn2CCO. The number of rotatable bonds is 4. The van der Waals surface area contributed by atoms with E-state index >= 15 is 0 Å². The molecule has 1 heterocycles. The Labute approximate surface area is 119 Å². The molecule has 0 saturated heterocycles. The molecule has 3 N–H and O–H groups in total. The Kier molecular flexibility index (Phi) is 4.71. The summed E-state index contributed by atoms with van der Waals surface area (Å²) in [6.45, 7) is -1.04. The Morgan fingerprint density at radius 2 is 2.29 bits per heavy atom. The monoisotopic (exact) mass is 306 g/mol. The minimum Gasteiger partial charge on any atom is -0.394 e. The van der Waals surface area contributed by atoms with E-state index in [9.17, 15) is 18.0 Å². The number of fused-ring (bicyclic) bond motifs is 1. The lowest BCUT2D eigenvalue weighted by Gasteiger charge is -2.24. The molecule has 1 aromatic heterocycles. The van der Waals surface area contributed by atoms with Crippen LogP contribution in [0, 0.1) is 0 Å². The van der Waals surface area contributed by atoms with E-state index in [1.165, 1.54) is 0 Å². The number of carbonyl (C=O) groups excluding carboxylic acids is 1. The van der Waals surface area contributed by atoms with E-state index < -0.39 is 18.8 Å². The average molecular weight is 306 g/mol. The molecular formula is C12H17F3N4O2. The van der Waals surface area contributed by atoms with E-state index in [2.05, 4.69) is 10.4 Å². The van der Waals surface area contributed by atoms with Gasteiger partial charge in [0.15, 0.2) is 0 Å². The number of aliphatic hydroxyl groups excluding tert-OH is 1. The molecule has 0 aliphatic heterocycles. The van der Waals surface area contributed by atoms with Crippen molar-refractivity contribution in [1.82, 2.24) is 20.4 Å². The fourth-order valence-corrected chi connectivity index (χ4v) is 2.45. The molecule has 118 valence electrons. The molecule has 1 aromatic rings. The molecule has 0 bridgehead atoms. The lowest BCUT2D eigenvalue weighted by molar-refractivity contribution is -0.122. The molecule has 0 fully saturated rings. The van der Waals surface area contributed by atoms with Gasteiger partial charge in [0.1, 0.15) is 6.54 Å². The second-order valence-electron chi connectivity index (χ2n) is 4.88. The maximum Gasteiger partial charge on any atom is 0.405 e. The molecule has 2 rings (SSSR count). The van der Waals surface area contributed by atoms with Gasteiger partial charge in [-0.2, -0.15) is 18.3 Å². The highest BCUT2D eigenvalue weighted by molar-refractivity contribution is 5.74. The predicted molar refractivity (Wildman–Crippen MR) is 67.6 cm³/mol. The minimum absolute atomic E-state index is 0.0434. The van der Waals surface area contributed by atoms with E-state index in [0.717, 1.165) is 24.1 Å². The number of amides is 2. The third-order valence-electron chi connectivity index (χ3n) is 3.33. The number of hydrogen-bond donors (Lipinski definition) is 3. The van der Waals surface area contributed by atoms with Gasteiger partial charge in [-0.25, -0.2) is 4.79 Å². The first-order valence-electron chi connectivity index (χ1n) is 6.67. The lowest BCUT2D eigenvalue weighted by Crippen LogP contribution is -2.42. The van der Waals surface area contributed by atoms with Crippen molar-refractivity contribution >= 4 is 6.03 Å². The molecular weight excluding hydrogens is 289 g/mol. The Balaban J connectivity index is 1.98. The van der Waals surface area contributed by atoms with Gasteiger partial charge < -0.3 is 15.7 Å². The van der Waals surface area contributed by atoms with Gasteiger partial charge in [-0.1, -0.05) is 0 Å². The molecule has 0 aromatic carbocycles. The van der Waals surface area contributed by atoms with Crippen molar-refractivity contribution in [3.05, 3.63) is 17.5 Å². The van der Waals surface area contributed by atoms with Gasteiger partial charge in [0.2, 0.25) is 0 Å². The van der Waals surface area contributed by atoms with Crippen LogP contribution in [-0.2, 0) is 13.0 Å². The van der Waals surface area contributed by atoms with Crippen LogP contribution in [0.25, 0.3) is 0 Å². The van der Waals surface area contributed by atoms with Crippen molar-refractivity contribution in [2.75, 3.05) is 13.2 Å². The van der Waals surface area contributed by atoms with Gasteiger partial charge in [0.05, 0.1) is 25.4 Å². The number of urea groups is 1. The van der Waals surface area contributed by atoms with Crippen molar-refractivity contribution in [2.24, 2.45) is 0 Å². The van der Waals surface area contributed by atoms with E-state index in [1.54, 1.807) is 16.2 Å². The number of halogens is 3. The molecule has 0 saturated carbocycles. The number of nitrogens with zero attached hydrogens (tertiary/aromatic N) is 2. The fourth-order valence-electron chi connectivity index (χ4n) is 2.45. The zero-order chi connectivity index (χ0) is 15.5. The molecule has 0 radical (unpaired) electrons. The van der Waals surface area contributed by atoms with E-state index in [-0.39, 0.29) is 12.6 Å². The quantitative estimate of drug-likeness (QED) is 0.780. The molecule has 1 aliphatic carbocycles. The van der Waals surface area contributed by atoms with Crippen molar-refractivity contribution in [3.63, 3.8) is 0 Å². The van der Waals surface area contributed by atoms with Crippen LogP contribution < -0.4 is 10.6 Å². The topological polar surface area (TPSA) is 79.2 Å². The number of carbonyl (C=O) groups is 1. The standard InChI is InChI=1S/C12H17F3N4O2/c13-12(14,15)7-16-11(21)18-9-2-1-3-10-8(9)6-17-19(10)4-5-20/h6,9,20H,1-5,7H2,(H2,16,18,21)/t9-/m1/s1. The Bertz CT molecular complexity index is 501. The van der Waals surface area contributed by atoms with Crippen LogP contribution in [0.2, 0.25) is 0 Å². The van der Waals surface area contributed by atoms with Crippen LogP contribution in [0.4, 0.5) is 18.0 Å². The number of aliphatic hydroxyl groups is 1. The molecule has 9 heteroatoms. The second kappa shape index (κ2) is 6.33. The van der Waals surface area contributed by atoms with Crippen molar-refractivity contribution in [3.8, 4) is 0 Å². The zero-order valence-electron chi connectivity index (χ0n) is 11.3. The van der Waals surface area contributed by atoms with Crippen molar-refractivity contribution < 1.29 is 23.1 Å². The van der Waals surface area contributed by atoms with Crippen LogP contribution in [0.3, 0.4) is 0 Å². The van der Waals surface area contributed by atoms with Gasteiger partial charge in [-0.05, 0) is 19.3 Å². The highest BCUT2D eigenvalue weighted by Crippen LogP contribution is 2.29. The minimum atomic E-state index is -4.43. The van der Waals surface area contributed by atoms with Crippen molar-refractivity contribution in [2.45, 2.75) is 38.0 Å². The lowest BCUT2D eigenvalue weighted by atomic mass is 9.93. The van der Waals surface area contributed by atoms with Gasteiger partial charge in [0, 0.05) is 11.3 Å². The van der Waals surface area contributed by atoms with Crippen LogP contribution in [0.5, 0.6) is 0 Å². The smallest absolute Gasteiger partial charge is 0.394 e. The Morgan fingerprint density at radius 3 is 2.95 bits per heavy atom. The summed E-state index contributed by atoms with van der Waals surface area (Å²) in [7, 11) is 0. The van der Waals surface area contributed by atoms with E-state index in [0.29, 0.717) is 13.0 Å². The van der Waals surface area contributed by atoms with Gasteiger partial charge in [-0.15, -0.1) is 0 Å². The normalized spacial score (nSPS) is 18.2. The third-order valence-corrected chi connectivity index (χ3v) is 3.33. The van der Waals surface area contributed by atoms with Crippen LogP contribution in [0.15, 0.2) is 6.20 Å². The number of hydrogen-bond acceptors (Lipinski definition) is 3. The number of aromatic nitrogens is 2. The molecule has 2 amide bonds. The number of nitrogens with one attached hydrogen (secondary N) is 2. The molecule has 1 aliphatic rings. The summed E-state index contributed by atoms with van der Waals surface area (Å²) in [5, 5.41) is 17.4. The largest absolute Gasteiger partial charge is 0.405 e. The summed E-state index contributed by atoms with van der Waals surface area (Å²) < 4.78 is 37.8. The maximum atomic E-state index is 12.0. The molecule has 0 spiro atoms. The van der Waals surface area contributed by atoms with E-state index in [1.807, 2.05) is 0 Å². The summed E-state index contributed by atoms with van der Waals surface area (Å²) in [5.41, 5.74) is 1.72. The first-order chi connectivity index (χ1) is 9.90. The summed E-state index contributed by atoms with van der Waals surface area (Å²) in [5.74, 6) is 0. The highest BCUT2D eigenvalue weighted by atomic mass is 19.4. The zero-order valence-corrected chi connectivity index (χ0v) is 11.3. The first kappa shape index (κ1) is 15.6. The van der Waals surface area contributed by atoms with Gasteiger partial charge in [-0.3, -0.25) is 4.68 Å². The first-order valence-corrected chi connectivity index (χ1v) is 6.67. The molecule has 6 nitrogen and oxygen atoms in total. The predicted octanol–water partition coefficient (Wildman–Crippen LogP) is 1.11. The Morgan fingerprint density at radius 1 is 1.52 bits per heavy atom. The summed E-state index contributed by atoms with van der Waals surface area (Å²) >= 11 is 0. The number of alkyl halides is 3. The summed E-state index contributed by atoms with van der Waals surface area (Å²) in [6, 6.07) is -1.20. The van der Waals surface area contributed by atoms with E-state index in [4.69, 9.17) is 5.11 Å². The fraction of sp³-hybridized carbons (Fsp3) is 0.667. The summed E-state index contributed by atoms with van der Waals surface area (Å²) in [4.78, 5) is 11.5. The Hall–Kier alpha value is -1.77. The average Bonchev–Trinajstić information content (AvgIpc) is 2.81. The maximum absolute atomic E-state index is 12.0. The van der Waals surface area contributed by atoms with Crippen molar-refractivity contribution in [1.29, 1.82) is 0 Å². The molecule has 0 unspecified atom stereocenters. The molecule has 1 atom stereocenters. The second-order valence-corrected chi connectivity index (χ2v) is 4.88. The van der Waals surface area contributed by atoms with Crippen LogP contribution in [-0.4, -0.2) is 40.2 Å². The van der Waals surface area contributed by atoms with Crippen LogP contribution >= 0.6 is 0 Å². The molecule has 21 heavy (non-hydrogen) atoms. The summed E-state index contributed by atoms with van der Waals surface area (Å²) in [6.07, 6.45) is -0.608. The van der Waals surface area contributed by atoms with Crippen LogP contribution in [0.1, 0.15) is 30.1 Å². The highest BCUT2D eigenvalue weighted by Gasteiger charge is 2.29.